The molecule has 1 aromatic carbocycles. The summed E-state index contributed by atoms with van der Waals surface area (Å²) in [6.45, 7) is 5.81. The van der Waals surface area contributed by atoms with Crippen LogP contribution in [0.15, 0.2) is 47.5 Å². The van der Waals surface area contributed by atoms with Crippen molar-refractivity contribution >= 4 is 17.7 Å². The molecule has 0 saturated heterocycles. The van der Waals surface area contributed by atoms with Crippen LogP contribution < -0.4 is 5.32 Å². The highest BCUT2D eigenvalue weighted by Gasteiger charge is 2.22. The summed E-state index contributed by atoms with van der Waals surface area (Å²) in [6.07, 6.45) is 0.665. The van der Waals surface area contributed by atoms with Gasteiger partial charge >= 0.3 is 0 Å². The SMILES string of the molecule is CCC(Sc1nc(C)ccc1C#N)C(=O)NC(C)c1ccccc1. The molecule has 0 bridgehead atoms. The molecule has 0 aliphatic carbocycles. The summed E-state index contributed by atoms with van der Waals surface area (Å²) in [4.78, 5) is 17.0. The quantitative estimate of drug-likeness (QED) is 0.808. The van der Waals surface area contributed by atoms with Crippen molar-refractivity contribution in [2.24, 2.45) is 0 Å². The molecule has 1 amide bonds. The van der Waals surface area contributed by atoms with E-state index in [9.17, 15) is 10.1 Å². The Morgan fingerprint density at radius 2 is 2.00 bits per heavy atom. The molecule has 2 rings (SSSR count). The maximum absolute atomic E-state index is 12.6. The maximum Gasteiger partial charge on any atom is 0.234 e. The van der Waals surface area contributed by atoms with E-state index in [0.29, 0.717) is 17.0 Å². The minimum atomic E-state index is -0.280. The molecule has 24 heavy (non-hydrogen) atoms. The van der Waals surface area contributed by atoms with E-state index >= 15 is 0 Å². The number of pyridine rings is 1. The molecular formula is C19H21N3OS. The van der Waals surface area contributed by atoms with Gasteiger partial charge in [-0.2, -0.15) is 5.26 Å². The fourth-order valence-electron chi connectivity index (χ4n) is 2.30. The van der Waals surface area contributed by atoms with Gasteiger partial charge < -0.3 is 5.32 Å². The van der Waals surface area contributed by atoms with Gasteiger partial charge in [0, 0.05) is 5.69 Å². The molecule has 2 aromatic rings. The van der Waals surface area contributed by atoms with E-state index in [-0.39, 0.29) is 17.2 Å². The number of hydrogen-bond donors (Lipinski definition) is 1. The van der Waals surface area contributed by atoms with E-state index in [1.807, 2.05) is 51.1 Å². The van der Waals surface area contributed by atoms with Crippen molar-refractivity contribution in [1.29, 1.82) is 5.26 Å². The van der Waals surface area contributed by atoms with Crippen molar-refractivity contribution < 1.29 is 4.79 Å². The van der Waals surface area contributed by atoms with Crippen molar-refractivity contribution in [3.8, 4) is 6.07 Å². The Hall–Kier alpha value is -2.32. The number of hydrogen-bond acceptors (Lipinski definition) is 4. The normalized spacial score (nSPS) is 12.9. The molecule has 1 aromatic heterocycles. The van der Waals surface area contributed by atoms with Gasteiger partial charge in [-0.15, -0.1) is 0 Å². The number of rotatable bonds is 6. The predicted molar refractivity (Wildman–Crippen MR) is 96.6 cm³/mol. The van der Waals surface area contributed by atoms with Gasteiger partial charge in [0.15, 0.2) is 0 Å². The smallest absolute Gasteiger partial charge is 0.234 e. The van der Waals surface area contributed by atoms with Crippen LogP contribution in [-0.2, 0) is 4.79 Å². The van der Waals surface area contributed by atoms with Crippen LogP contribution in [0.4, 0.5) is 0 Å². The number of aromatic nitrogens is 1. The lowest BCUT2D eigenvalue weighted by atomic mass is 10.1. The Morgan fingerprint density at radius 1 is 1.29 bits per heavy atom. The zero-order chi connectivity index (χ0) is 17.5. The highest BCUT2D eigenvalue weighted by molar-refractivity contribution is 8.00. The van der Waals surface area contributed by atoms with Crippen LogP contribution in [0.1, 0.15) is 43.1 Å². The second kappa shape index (κ2) is 8.51. The molecule has 0 aliphatic rings. The van der Waals surface area contributed by atoms with Crippen molar-refractivity contribution in [2.45, 2.75) is 43.5 Å². The molecule has 1 heterocycles. The van der Waals surface area contributed by atoms with Gasteiger partial charge in [-0.1, -0.05) is 49.0 Å². The van der Waals surface area contributed by atoms with Crippen LogP contribution in [-0.4, -0.2) is 16.1 Å². The second-order valence-electron chi connectivity index (χ2n) is 5.57. The topological polar surface area (TPSA) is 65.8 Å². The molecule has 0 aliphatic heterocycles. The molecule has 1 N–H and O–H groups in total. The molecule has 2 atom stereocenters. The zero-order valence-electron chi connectivity index (χ0n) is 14.1. The number of nitriles is 1. The standard InChI is InChI=1S/C19H21N3OS/c1-4-17(24-19-16(12-20)11-10-13(2)21-19)18(23)22-14(3)15-8-6-5-7-9-15/h5-11,14,17H,4H2,1-3H3,(H,22,23). The Morgan fingerprint density at radius 3 is 2.62 bits per heavy atom. The van der Waals surface area contributed by atoms with Crippen LogP contribution in [0.3, 0.4) is 0 Å². The number of amides is 1. The number of benzene rings is 1. The molecule has 0 saturated carbocycles. The zero-order valence-corrected chi connectivity index (χ0v) is 14.9. The van der Waals surface area contributed by atoms with Crippen molar-refractivity contribution in [2.75, 3.05) is 0 Å². The van der Waals surface area contributed by atoms with Gasteiger partial charge in [0.1, 0.15) is 11.1 Å². The van der Waals surface area contributed by atoms with E-state index in [4.69, 9.17) is 0 Å². The number of nitrogens with one attached hydrogen (secondary N) is 1. The third-order valence-electron chi connectivity index (χ3n) is 3.70. The van der Waals surface area contributed by atoms with Gasteiger partial charge in [-0.3, -0.25) is 4.79 Å². The van der Waals surface area contributed by atoms with Crippen molar-refractivity contribution in [3.05, 3.63) is 59.3 Å². The Balaban J connectivity index is 2.10. The first-order valence-electron chi connectivity index (χ1n) is 7.94. The lowest BCUT2D eigenvalue weighted by Crippen LogP contribution is -2.34. The monoisotopic (exact) mass is 339 g/mol. The molecule has 0 fully saturated rings. The minimum absolute atomic E-state index is 0.0361. The highest BCUT2D eigenvalue weighted by Crippen LogP contribution is 2.27. The molecular weight excluding hydrogens is 318 g/mol. The maximum atomic E-state index is 12.6. The summed E-state index contributed by atoms with van der Waals surface area (Å²) >= 11 is 1.35. The van der Waals surface area contributed by atoms with E-state index in [1.165, 1.54) is 11.8 Å². The number of thioether (sulfide) groups is 1. The summed E-state index contributed by atoms with van der Waals surface area (Å²) in [7, 11) is 0. The lowest BCUT2D eigenvalue weighted by molar-refractivity contribution is -0.121. The van der Waals surface area contributed by atoms with Crippen LogP contribution in [0.25, 0.3) is 0 Å². The molecule has 4 nitrogen and oxygen atoms in total. The summed E-state index contributed by atoms with van der Waals surface area (Å²) in [6, 6.07) is 15.5. The van der Waals surface area contributed by atoms with Gasteiger partial charge in [-0.05, 0) is 38.0 Å². The van der Waals surface area contributed by atoms with Gasteiger partial charge in [0.25, 0.3) is 0 Å². The number of carbonyl (C=O) groups excluding carboxylic acids is 1. The Kier molecular flexibility index (Phi) is 6.39. The molecule has 2 unspecified atom stereocenters. The highest BCUT2D eigenvalue weighted by atomic mass is 32.2. The fourth-order valence-corrected chi connectivity index (χ4v) is 3.34. The first kappa shape index (κ1) is 18.0. The second-order valence-corrected chi connectivity index (χ2v) is 6.76. The van der Waals surface area contributed by atoms with E-state index < -0.39 is 0 Å². The number of nitrogens with zero attached hydrogens (tertiary/aromatic N) is 2. The third-order valence-corrected chi connectivity index (χ3v) is 5.06. The van der Waals surface area contributed by atoms with Crippen LogP contribution in [0, 0.1) is 18.3 Å². The Bertz CT molecular complexity index is 740. The lowest BCUT2D eigenvalue weighted by Gasteiger charge is -2.19. The largest absolute Gasteiger partial charge is 0.349 e. The molecule has 0 spiro atoms. The van der Waals surface area contributed by atoms with E-state index in [2.05, 4.69) is 16.4 Å². The molecule has 5 heteroatoms. The van der Waals surface area contributed by atoms with Crippen LogP contribution in [0.5, 0.6) is 0 Å². The first-order valence-corrected chi connectivity index (χ1v) is 8.82. The van der Waals surface area contributed by atoms with Gasteiger partial charge in [0.2, 0.25) is 5.91 Å². The van der Waals surface area contributed by atoms with Crippen LogP contribution >= 0.6 is 11.8 Å². The summed E-state index contributed by atoms with van der Waals surface area (Å²) in [5.41, 5.74) is 2.41. The average molecular weight is 339 g/mol. The number of aryl methyl sites for hydroxylation is 1. The number of carbonyl (C=O) groups is 1. The first-order chi connectivity index (χ1) is 11.5. The van der Waals surface area contributed by atoms with Crippen LogP contribution in [0.2, 0.25) is 0 Å². The Labute approximate surface area is 147 Å². The molecule has 0 radical (unpaired) electrons. The summed E-state index contributed by atoms with van der Waals surface area (Å²) < 4.78 is 0. The van der Waals surface area contributed by atoms with Gasteiger partial charge in [0.05, 0.1) is 16.9 Å². The third kappa shape index (κ3) is 4.59. The summed E-state index contributed by atoms with van der Waals surface area (Å²) in [5.74, 6) is -0.0361. The summed E-state index contributed by atoms with van der Waals surface area (Å²) in [5, 5.41) is 12.6. The van der Waals surface area contributed by atoms with Crippen molar-refractivity contribution in [3.63, 3.8) is 0 Å². The van der Waals surface area contributed by atoms with E-state index in [1.54, 1.807) is 12.1 Å². The van der Waals surface area contributed by atoms with E-state index in [0.717, 1.165) is 11.3 Å². The molecule has 124 valence electrons. The van der Waals surface area contributed by atoms with Crippen molar-refractivity contribution in [1.82, 2.24) is 10.3 Å². The average Bonchev–Trinajstić information content (AvgIpc) is 2.60. The van der Waals surface area contributed by atoms with Gasteiger partial charge in [-0.25, -0.2) is 4.98 Å². The fraction of sp³-hybridized carbons (Fsp3) is 0.316. The minimum Gasteiger partial charge on any atom is -0.349 e. The predicted octanol–water partition coefficient (Wildman–Crippen LogP) is 4.01.